The maximum Gasteiger partial charge on any atom is 0.324 e. The maximum atomic E-state index is 7.23. The summed E-state index contributed by atoms with van der Waals surface area (Å²) in [4.78, 5) is 21.7. The van der Waals surface area contributed by atoms with E-state index in [0.29, 0.717) is 0 Å². The quantitative estimate of drug-likeness (QED) is 0.278. The van der Waals surface area contributed by atoms with E-state index in [1.807, 2.05) is 0 Å². The molecule has 0 aromatic rings. The smallest absolute Gasteiger partial charge is 0.324 e. The summed E-state index contributed by atoms with van der Waals surface area (Å²) in [6.07, 6.45) is 0. The van der Waals surface area contributed by atoms with Crippen LogP contribution in [0.25, 0.3) is 0 Å². The molecule has 44 valence electrons. The predicted molar refractivity (Wildman–Crippen MR) is 18.6 cm³/mol. The Morgan fingerprint density at radius 2 is 1.00 bits per heavy atom. The molecule has 0 aliphatic rings. The number of rotatable bonds is 0. The fourth-order valence-electron chi connectivity index (χ4n) is 0. The van der Waals surface area contributed by atoms with Crippen LogP contribution in [-0.4, -0.2) is 14.7 Å². The Labute approximate surface area is 46.7 Å². The molecule has 6 heteroatoms. The molecule has 0 aliphatic heterocycles. The molecule has 0 fully saturated rings. The third-order valence-corrected chi connectivity index (χ3v) is 0. The van der Waals surface area contributed by atoms with E-state index < -0.39 is 8.60 Å². The third-order valence-electron chi connectivity index (χ3n) is 0. The van der Waals surface area contributed by atoms with Crippen LogP contribution in [0.15, 0.2) is 0 Å². The molecule has 0 aromatic heterocycles. The molecule has 4 nitrogen and oxygen atoms in total. The monoisotopic (exact) mass is 157 g/mol. The molecular formula is H6NNiO3P. The van der Waals surface area contributed by atoms with E-state index in [1.54, 1.807) is 0 Å². The van der Waals surface area contributed by atoms with Crippen LogP contribution in [-0.2, 0) is 16.5 Å². The second-order valence-electron chi connectivity index (χ2n) is 0.268. The third kappa shape index (κ3) is 116. The first kappa shape index (κ1) is 15.9. The van der Waals surface area contributed by atoms with Gasteiger partial charge in [0.25, 0.3) is 0 Å². The molecule has 0 radical (unpaired) electrons. The van der Waals surface area contributed by atoms with E-state index in [2.05, 4.69) is 0 Å². The second-order valence-corrected chi connectivity index (χ2v) is 0.805. The Bertz CT molecular complexity index is 15.5. The molecule has 0 atom stereocenters. The van der Waals surface area contributed by atoms with E-state index >= 15 is 0 Å². The Morgan fingerprint density at radius 1 is 1.00 bits per heavy atom. The molecule has 0 amide bonds. The molecule has 0 aromatic carbocycles. The largest absolute Gasteiger partial charge is 0.344 e. The van der Waals surface area contributed by atoms with Crippen molar-refractivity contribution < 1.29 is 31.2 Å². The van der Waals surface area contributed by atoms with Crippen molar-refractivity contribution in [1.29, 1.82) is 0 Å². The van der Waals surface area contributed by atoms with Gasteiger partial charge in [0.1, 0.15) is 0 Å². The van der Waals surface area contributed by atoms with Gasteiger partial charge in [-0.2, -0.15) is 0 Å². The van der Waals surface area contributed by atoms with Crippen molar-refractivity contribution >= 4 is 8.60 Å². The van der Waals surface area contributed by atoms with Gasteiger partial charge >= 0.3 is 8.60 Å². The summed E-state index contributed by atoms with van der Waals surface area (Å²) in [6.45, 7) is 0. The summed E-state index contributed by atoms with van der Waals surface area (Å²) in [5.74, 6) is 0. The molecule has 6 N–H and O–H groups in total. The van der Waals surface area contributed by atoms with Crippen LogP contribution in [0.1, 0.15) is 0 Å². The maximum absolute atomic E-state index is 7.23. The van der Waals surface area contributed by atoms with Gasteiger partial charge in [0.2, 0.25) is 0 Å². The van der Waals surface area contributed by atoms with Crippen molar-refractivity contribution in [2.45, 2.75) is 0 Å². The molecule has 0 rings (SSSR count). The van der Waals surface area contributed by atoms with Crippen LogP contribution < -0.4 is 6.15 Å². The standard InChI is InChI=1S/H3N.Ni.H3O3P/c;;1-4(2)3/h1H3;;1-3H. The minimum absolute atomic E-state index is 0. The molecule has 0 saturated carbocycles. The van der Waals surface area contributed by atoms with E-state index in [4.69, 9.17) is 14.7 Å². The Balaban J connectivity index is -0.0000000450. The van der Waals surface area contributed by atoms with E-state index in [-0.39, 0.29) is 22.6 Å². The number of hydrogen-bond acceptors (Lipinski definition) is 4. The molecule has 0 saturated heterocycles. The summed E-state index contributed by atoms with van der Waals surface area (Å²) in [6, 6.07) is 0. The summed E-state index contributed by atoms with van der Waals surface area (Å²) in [5.41, 5.74) is 0. The van der Waals surface area contributed by atoms with Crippen LogP contribution in [0.3, 0.4) is 0 Å². The van der Waals surface area contributed by atoms with E-state index in [1.165, 1.54) is 0 Å². The Kier molecular flexibility index (Phi) is 24.4. The first-order valence-corrected chi connectivity index (χ1v) is 1.80. The molecular weight excluding hydrogens is 152 g/mol. The Morgan fingerprint density at radius 3 is 1.00 bits per heavy atom. The summed E-state index contributed by atoms with van der Waals surface area (Å²) in [5, 5.41) is 0. The van der Waals surface area contributed by atoms with Gasteiger partial charge in [-0.1, -0.05) is 0 Å². The fraction of sp³-hybridized carbons (Fsp3) is 0. The van der Waals surface area contributed by atoms with Gasteiger partial charge in [-0.3, -0.25) is 0 Å². The first-order valence-electron chi connectivity index (χ1n) is 0.600. The van der Waals surface area contributed by atoms with Crippen LogP contribution >= 0.6 is 8.60 Å². The van der Waals surface area contributed by atoms with Crippen LogP contribution in [0.2, 0.25) is 0 Å². The Hall–Kier alpha value is 0.764. The molecule has 0 heterocycles. The van der Waals surface area contributed by atoms with Crippen molar-refractivity contribution in [3.63, 3.8) is 0 Å². The molecule has 6 heavy (non-hydrogen) atoms. The average Bonchev–Trinajstić information content (AvgIpc) is 0.811. The van der Waals surface area contributed by atoms with Gasteiger partial charge < -0.3 is 20.8 Å². The van der Waals surface area contributed by atoms with Crippen LogP contribution in [0.5, 0.6) is 0 Å². The SMILES string of the molecule is N.OP(O)O.[Ni]. The summed E-state index contributed by atoms with van der Waals surface area (Å²) >= 11 is 0. The second kappa shape index (κ2) is 9.23. The molecule has 0 aliphatic carbocycles. The topological polar surface area (TPSA) is 95.7 Å². The van der Waals surface area contributed by atoms with Crippen molar-refractivity contribution in [1.82, 2.24) is 6.15 Å². The van der Waals surface area contributed by atoms with Crippen molar-refractivity contribution in [2.75, 3.05) is 0 Å². The zero-order valence-corrected chi connectivity index (χ0v) is 4.69. The van der Waals surface area contributed by atoms with Gasteiger partial charge in [-0.05, 0) is 0 Å². The van der Waals surface area contributed by atoms with E-state index in [0.717, 1.165) is 0 Å². The van der Waals surface area contributed by atoms with Crippen LogP contribution in [0, 0.1) is 0 Å². The average molecular weight is 158 g/mol. The van der Waals surface area contributed by atoms with Gasteiger partial charge in [0, 0.05) is 16.5 Å². The van der Waals surface area contributed by atoms with Crippen molar-refractivity contribution in [2.24, 2.45) is 0 Å². The van der Waals surface area contributed by atoms with Gasteiger partial charge in [-0.15, -0.1) is 0 Å². The minimum Gasteiger partial charge on any atom is -0.344 e. The van der Waals surface area contributed by atoms with Gasteiger partial charge in [0.05, 0.1) is 0 Å². The number of hydrogen-bond donors (Lipinski definition) is 4. The summed E-state index contributed by atoms with van der Waals surface area (Å²) < 4.78 is 0. The van der Waals surface area contributed by atoms with Gasteiger partial charge in [0.15, 0.2) is 0 Å². The minimum atomic E-state index is -2.62. The van der Waals surface area contributed by atoms with Crippen molar-refractivity contribution in [3.05, 3.63) is 0 Å². The zero-order valence-electron chi connectivity index (χ0n) is 2.81. The molecule has 0 bridgehead atoms. The van der Waals surface area contributed by atoms with E-state index in [9.17, 15) is 0 Å². The molecule has 0 spiro atoms. The predicted octanol–water partition coefficient (Wildman–Crippen LogP) is -0.650. The van der Waals surface area contributed by atoms with Crippen LogP contribution in [0.4, 0.5) is 0 Å². The fourth-order valence-corrected chi connectivity index (χ4v) is 0. The summed E-state index contributed by atoms with van der Waals surface area (Å²) in [7, 11) is -2.62. The first-order chi connectivity index (χ1) is 1.73. The van der Waals surface area contributed by atoms with Crippen molar-refractivity contribution in [3.8, 4) is 0 Å². The molecule has 0 unspecified atom stereocenters. The zero-order chi connectivity index (χ0) is 3.58. The van der Waals surface area contributed by atoms with Gasteiger partial charge in [-0.25, -0.2) is 0 Å². The normalized spacial score (nSPS) is 6.00.